The third kappa shape index (κ3) is 7.65. The van der Waals surface area contributed by atoms with Gasteiger partial charge in [-0.15, -0.1) is 5.10 Å². The van der Waals surface area contributed by atoms with Gasteiger partial charge in [0, 0.05) is 21.8 Å². The Balaban J connectivity index is 1.36. The highest BCUT2D eigenvalue weighted by Crippen LogP contribution is 2.52. The number of alkyl halides is 1. The monoisotopic (exact) mass is 1020 g/mol. The normalized spacial score (nSPS) is 13.3. The number of carbonyl (C=O) groups is 1. The van der Waals surface area contributed by atoms with Crippen molar-refractivity contribution in [3.8, 4) is 11.3 Å². The van der Waals surface area contributed by atoms with Crippen LogP contribution in [0.2, 0.25) is 0 Å². The van der Waals surface area contributed by atoms with Crippen LogP contribution in [0.4, 0.5) is 4.79 Å². The number of rotatable bonds is 11. The number of aromatic nitrogens is 1. The maximum Gasteiger partial charge on any atom is 0.419 e. The van der Waals surface area contributed by atoms with E-state index in [0.717, 1.165) is 59.9 Å². The lowest BCUT2D eigenvalue weighted by Gasteiger charge is -2.54. The van der Waals surface area contributed by atoms with Gasteiger partial charge in [-0.3, -0.25) is 0 Å². The van der Waals surface area contributed by atoms with Crippen LogP contribution in [-0.2, 0) is 21.1 Å². The van der Waals surface area contributed by atoms with Crippen molar-refractivity contribution in [3.05, 3.63) is 273 Å². The summed E-state index contributed by atoms with van der Waals surface area (Å²) in [6.07, 6.45) is -0.488. The Labute approximate surface area is 414 Å². The van der Waals surface area contributed by atoms with E-state index in [9.17, 15) is 4.79 Å². The van der Waals surface area contributed by atoms with Gasteiger partial charge in [-0.25, -0.2) is 19.9 Å². The van der Waals surface area contributed by atoms with Crippen molar-refractivity contribution < 1.29 is 9.53 Å². The number of nitrogens with one attached hydrogen (secondary N) is 1. The number of amidine groups is 1. The van der Waals surface area contributed by atoms with Crippen LogP contribution >= 0.6 is 31.9 Å². The molecule has 0 bridgehead atoms. The van der Waals surface area contributed by atoms with E-state index in [1.54, 1.807) is 4.57 Å². The molecule has 1 aliphatic rings. The molecule has 8 aromatic carbocycles. The second kappa shape index (κ2) is 18.6. The van der Waals surface area contributed by atoms with Crippen molar-refractivity contribution in [3.63, 3.8) is 0 Å². The lowest BCUT2D eigenvalue weighted by Crippen LogP contribution is -2.65. The minimum atomic E-state index is -1.11. The number of nitrogens with zero attached hydrogens (tertiary/aromatic N) is 4. The Morgan fingerprint density at radius 1 is 0.544 bits per heavy atom. The van der Waals surface area contributed by atoms with E-state index in [1.165, 1.54) is 0 Å². The van der Waals surface area contributed by atoms with E-state index in [-0.39, 0.29) is 0 Å². The van der Waals surface area contributed by atoms with Crippen molar-refractivity contribution in [1.29, 1.82) is 0 Å². The number of hydrazone groups is 1. The third-order valence-corrected chi connectivity index (χ3v) is 14.0. The molecule has 0 aliphatic carbocycles. The Bertz CT molecular complexity index is 3040. The van der Waals surface area contributed by atoms with Crippen molar-refractivity contribution >= 4 is 54.7 Å². The van der Waals surface area contributed by atoms with Gasteiger partial charge in [0.25, 0.3) is 0 Å². The summed E-state index contributed by atoms with van der Waals surface area (Å²) in [5.41, 5.74) is 10.8. The molecule has 2 heterocycles. The highest BCUT2D eigenvalue weighted by atomic mass is 79.9. The van der Waals surface area contributed by atoms with Crippen LogP contribution in [0.3, 0.4) is 0 Å². The topological polar surface area (TPSA) is 62.1 Å². The molecule has 10 rings (SSSR count). The molecule has 7 nitrogen and oxygen atoms in total. The molecule has 0 atom stereocenters. The van der Waals surface area contributed by atoms with Gasteiger partial charge in [0.1, 0.15) is 16.7 Å². The summed E-state index contributed by atoms with van der Waals surface area (Å²) >= 11 is 7.74. The largest absolute Gasteiger partial charge is 0.443 e. The molecule has 0 saturated carbocycles. The maximum atomic E-state index is 14.8. The molecule has 9 heteroatoms. The zero-order valence-corrected chi connectivity index (χ0v) is 41.1. The Kier molecular flexibility index (Phi) is 12.2. The minimum Gasteiger partial charge on any atom is -0.443 e. The smallest absolute Gasteiger partial charge is 0.419 e. The standard InChI is InChI=1S/C59H49Br2N5O2/c1-57(2,3)68-56(67)64-52-39-38-42(41-60)40-51(52)53(61)54(64)49-36-22-23-37-50(49)55-62-63-66(59(46-30-16-7-17-31-46,47-32-18-8-19-33-47)48-34-20-9-21-35-48)65(55)58(43-24-10-4-11-25-43,44-26-12-5-13-27-44)45-28-14-6-15-29-45/h4-40,63H,41H2,1-3H3. The molecule has 0 unspecified atom stereocenters. The van der Waals surface area contributed by atoms with Gasteiger partial charge in [0.2, 0.25) is 0 Å². The fourth-order valence-corrected chi connectivity index (χ4v) is 10.9. The fourth-order valence-electron chi connectivity index (χ4n) is 9.80. The number of hydrazine groups is 2. The molecule has 0 fully saturated rings. The zero-order chi connectivity index (χ0) is 46.9. The molecule has 336 valence electrons. The highest BCUT2D eigenvalue weighted by molar-refractivity contribution is 9.10. The molecular weight excluding hydrogens is 970 g/mol. The number of hydrogen-bond donors (Lipinski definition) is 1. The van der Waals surface area contributed by atoms with Gasteiger partial charge >= 0.3 is 6.09 Å². The second-order valence-corrected chi connectivity index (χ2v) is 19.1. The first-order valence-corrected chi connectivity index (χ1v) is 24.6. The van der Waals surface area contributed by atoms with Crippen LogP contribution < -0.4 is 5.53 Å². The van der Waals surface area contributed by atoms with E-state index in [1.807, 2.05) is 45.0 Å². The number of halogens is 2. The quantitative estimate of drug-likeness (QED) is 0.103. The first-order valence-electron chi connectivity index (χ1n) is 22.7. The van der Waals surface area contributed by atoms with E-state index >= 15 is 0 Å². The predicted octanol–water partition coefficient (Wildman–Crippen LogP) is 14.4. The molecule has 68 heavy (non-hydrogen) atoms. The Morgan fingerprint density at radius 3 is 1.35 bits per heavy atom. The Morgan fingerprint density at radius 2 is 0.941 bits per heavy atom. The first kappa shape index (κ1) is 44.8. The number of fused-ring (bicyclic) bond motifs is 1. The van der Waals surface area contributed by atoms with Gasteiger partial charge in [0.05, 0.1) is 15.7 Å². The summed E-state index contributed by atoms with van der Waals surface area (Å²) < 4.78 is 8.68. The van der Waals surface area contributed by atoms with Crippen LogP contribution in [-0.4, -0.2) is 32.2 Å². The van der Waals surface area contributed by atoms with Crippen LogP contribution in [0.25, 0.3) is 22.2 Å². The highest BCUT2D eigenvalue weighted by Gasteiger charge is 2.57. The molecule has 1 aromatic heterocycles. The van der Waals surface area contributed by atoms with Crippen LogP contribution in [0.5, 0.6) is 0 Å². The number of benzene rings is 8. The van der Waals surface area contributed by atoms with Gasteiger partial charge in [-0.2, -0.15) is 0 Å². The summed E-state index contributed by atoms with van der Waals surface area (Å²) in [6, 6.07) is 78.3. The average Bonchev–Trinajstić information content (AvgIpc) is 3.95. The molecule has 0 amide bonds. The Hall–Kier alpha value is -7.04. The van der Waals surface area contributed by atoms with Crippen LogP contribution in [0, 0.1) is 0 Å². The number of carbonyl (C=O) groups excluding carboxylic acids is 1. The molecule has 1 aliphatic heterocycles. The first-order chi connectivity index (χ1) is 33.2. The summed E-state index contributed by atoms with van der Waals surface area (Å²) in [5, 5.41) is 11.7. The zero-order valence-electron chi connectivity index (χ0n) is 37.9. The summed E-state index contributed by atoms with van der Waals surface area (Å²) in [7, 11) is 0. The van der Waals surface area contributed by atoms with Crippen molar-refractivity contribution in [2.45, 2.75) is 42.8 Å². The predicted molar refractivity (Wildman–Crippen MR) is 281 cm³/mol. The lowest BCUT2D eigenvalue weighted by atomic mass is 9.74. The van der Waals surface area contributed by atoms with E-state index < -0.39 is 22.8 Å². The van der Waals surface area contributed by atoms with E-state index in [0.29, 0.717) is 22.4 Å². The molecule has 1 N–H and O–H groups in total. The van der Waals surface area contributed by atoms with Crippen molar-refractivity contribution in [1.82, 2.24) is 20.2 Å². The molecule has 0 spiro atoms. The molecule has 9 aromatic rings. The van der Waals surface area contributed by atoms with Crippen LogP contribution in [0.15, 0.2) is 234 Å². The van der Waals surface area contributed by atoms with Crippen LogP contribution in [0.1, 0.15) is 65.3 Å². The number of ether oxygens (including phenoxy) is 1. The SMILES string of the molecule is CC(C)(C)OC(=O)n1c(-c2ccccc2C2=NNN(C(c3ccccc3)(c3ccccc3)c3ccccc3)N2C(c2ccccc2)(c2ccccc2)c2ccccc2)c(Br)c2cc(CBr)ccc21. The molecule has 0 saturated heterocycles. The van der Waals surface area contributed by atoms with Crippen molar-refractivity contribution in [2.75, 3.05) is 0 Å². The average molecular weight is 1020 g/mol. The maximum absolute atomic E-state index is 14.8. The minimum absolute atomic E-state index is 0.488. The van der Waals surface area contributed by atoms with Gasteiger partial charge in [-0.05, 0) is 87.8 Å². The second-order valence-electron chi connectivity index (χ2n) is 17.8. The third-order valence-electron chi connectivity index (χ3n) is 12.6. The molecule has 0 radical (unpaired) electrons. The summed E-state index contributed by atoms with van der Waals surface area (Å²) in [5.74, 6) is 0.610. The summed E-state index contributed by atoms with van der Waals surface area (Å²) in [4.78, 5) is 14.8. The van der Waals surface area contributed by atoms with Crippen molar-refractivity contribution in [2.24, 2.45) is 5.10 Å². The fraction of sp³-hybridized carbons (Fsp3) is 0.119. The molecular formula is C59H49Br2N5O2. The summed E-state index contributed by atoms with van der Waals surface area (Å²) in [6.45, 7) is 5.67. The van der Waals surface area contributed by atoms with E-state index in [4.69, 9.17) is 9.84 Å². The lowest BCUT2D eigenvalue weighted by molar-refractivity contribution is -0.0958. The van der Waals surface area contributed by atoms with E-state index in [2.05, 4.69) is 248 Å². The van der Waals surface area contributed by atoms with Gasteiger partial charge in [-0.1, -0.05) is 233 Å². The van der Waals surface area contributed by atoms with Gasteiger partial charge < -0.3 is 4.74 Å². The number of hydrogen-bond acceptors (Lipinski definition) is 6. The van der Waals surface area contributed by atoms with Gasteiger partial charge in [0.15, 0.2) is 5.84 Å².